The molecule has 1 spiro atoms. The predicted octanol–water partition coefficient (Wildman–Crippen LogP) is 4.30. The maximum Gasteiger partial charge on any atom is 0.254 e. The van der Waals surface area contributed by atoms with E-state index in [0.717, 1.165) is 50.3 Å². The topological polar surface area (TPSA) is 83.5 Å². The van der Waals surface area contributed by atoms with Gasteiger partial charge in [0, 0.05) is 62.1 Å². The minimum Gasteiger partial charge on any atom is -0.375 e. The number of pyridine rings is 1. The number of hydrogen-bond donors (Lipinski definition) is 1. The molecule has 0 saturated carbocycles. The van der Waals surface area contributed by atoms with E-state index in [0.29, 0.717) is 24.7 Å². The van der Waals surface area contributed by atoms with Crippen molar-refractivity contribution in [2.75, 3.05) is 36.5 Å². The summed E-state index contributed by atoms with van der Waals surface area (Å²) in [7, 11) is 0. The minimum absolute atomic E-state index is 0.0538. The standard InChI is InChI=1S/C27H32N6O2/c1-2-33(25(34)21-7-5-8-22(19-21)31-26-29-14-6-15-30-26)23-10-18-35-27(20-23)11-16-32(17-12-27)24-9-3-4-13-28-24/h3-9,13-15,19,23H,2,10-12,16-18,20H2,1H3,(H,29,30,31). The number of carbonyl (C=O) groups excluding carboxylic acids is 1. The molecule has 2 fully saturated rings. The van der Waals surface area contributed by atoms with Crippen LogP contribution in [0.1, 0.15) is 43.0 Å². The zero-order valence-corrected chi connectivity index (χ0v) is 20.1. The molecule has 1 aromatic carbocycles. The third-order valence-electron chi connectivity index (χ3n) is 7.09. The Morgan fingerprint density at radius 2 is 1.89 bits per heavy atom. The van der Waals surface area contributed by atoms with Crippen molar-refractivity contribution in [2.24, 2.45) is 0 Å². The summed E-state index contributed by atoms with van der Waals surface area (Å²) in [6.07, 6.45) is 8.84. The lowest BCUT2D eigenvalue weighted by Gasteiger charge is -2.48. The normalized spacial score (nSPS) is 19.3. The molecule has 0 radical (unpaired) electrons. The fourth-order valence-electron chi connectivity index (χ4n) is 5.26. The fourth-order valence-corrected chi connectivity index (χ4v) is 5.26. The Morgan fingerprint density at radius 3 is 2.63 bits per heavy atom. The van der Waals surface area contributed by atoms with Crippen LogP contribution in [-0.2, 0) is 4.74 Å². The molecule has 0 bridgehead atoms. The maximum atomic E-state index is 13.6. The lowest BCUT2D eigenvalue weighted by molar-refractivity contribution is -0.113. The molecule has 0 aliphatic carbocycles. The van der Waals surface area contributed by atoms with Gasteiger partial charge < -0.3 is 19.9 Å². The second kappa shape index (κ2) is 10.4. The number of nitrogens with zero attached hydrogens (tertiary/aromatic N) is 5. The van der Waals surface area contributed by atoms with Crippen molar-refractivity contribution >= 4 is 23.4 Å². The van der Waals surface area contributed by atoms with E-state index >= 15 is 0 Å². The van der Waals surface area contributed by atoms with Crippen molar-refractivity contribution in [3.05, 3.63) is 72.7 Å². The Morgan fingerprint density at radius 1 is 1.09 bits per heavy atom. The highest BCUT2D eigenvalue weighted by Gasteiger charge is 2.42. The number of nitrogens with one attached hydrogen (secondary N) is 1. The Kier molecular flexibility index (Phi) is 6.90. The second-order valence-electron chi connectivity index (χ2n) is 9.22. The molecule has 8 heteroatoms. The van der Waals surface area contributed by atoms with Crippen LogP contribution in [0.3, 0.4) is 0 Å². The quantitative estimate of drug-likeness (QED) is 0.573. The molecule has 2 aromatic heterocycles. The van der Waals surface area contributed by atoms with Crippen LogP contribution in [0.15, 0.2) is 67.1 Å². The molecular formula is C27H32N6O2. The van der Waals surface area contributed by atoms with Gasteiger partial charge in [-0.05, 0) is 69.0 Å². The molecule has 1 amide bonds. The van der Waals surface area contributed by atoms with Crippen molar-refractivity contribution in [3.8, 4) is 0 Å². The van der Waals surface area contributed by atoms with E-state index in [-0.39, 0.29) is 17.6 Å². The molecule has 3 aromatic rings. The molecular weight excluding hydrogens is 440 g/mol. The molecule has 1 atom stereocenters. The summed E-state index contributed by atoms with van der Waals surface area (Å²) in [5.74, 6) is 1.58. The predicted molar refractivity (Wildman–Crippen MR) is 136 cm³/mol. The first-order valence-electron chi connectivity index (χ1n) is 12.4. The highest BCUT2D eigenvalue weighted by atomic mass is 16.5. The van der Waals surface area contributed by atoms with E-state index in [4.69, 9.17) is 4.74 Å². The van der Waals surface area contributed by atoms with Crippen LogP contribution < -0.4 is 10.2 Å². The largest absolute Gasteiger partial charge is 0.375 e. The van der Waals surface area contributed by atoms with Gasteiger partial charge in [0.2, 0.25) is 5.95 Å². The van der Waals surface area contributed by atoms with Gasteiger partial charge in [0.25, 0.3) is 5.91 Å². The van der Waals surface area contributed by atoms with Crippen molar-refractivity contribution in [2.45, 2.75) is 44.2 Å². The number of aromatic nitrogens is 3. The number of amides is 1. The number of hydrogen-bond acceptors (Lipinski definition) is 7. The monoisotopic (exact) mass is 472 g/mol. The number of carbonyl (C=O) groups is 1. The first-order valence-corrected chi connectivity index (χ1v) is 12.4. The Labute approximate surface area is 206 Å². The van der Waals surface area contributed by atoms with Crippen molar-refractivity contribution in [1.29, 1.82) is 0 Å². The van der Waals surface area contributed by atoms with Crippen molar-refractivity contribution in [3.63, 3.8) is 0 Å². The number of anilines is 3. The minimum atomic E-state index is -0.171. The van der Waals surface area contributed by atoms with Gasteiger partial charge in [0.05, 0.1) is 5.60 Å². The molecule has 182 valence electrons. The van der Waals surface area contributed by atoms with Crippen molar-refractivity contribution in [1.82, 2.24) is 19.9 Å². The lowest BCUT2D eigenvalue weighted by atomic mass is 9.81. The van der Waals surface area contributed by atoms with Crippen LogP contribution in [0.25, 0.3) is 0 Å². The smallest absolute Gasteiger partial charge is 0.254 e. The van der Waals surface area contributed by atoms with Gasteiger partial charge >= 0.3 is 0 Å². The third-order valence-corrected chi connectivity index (χ3v) is 7.09. The van der Waals surface area contributed by atoms with Gasteiger partial charge in [0.1, 0.15) is 5.82 Å². The molecule has 5 rings (SSSR count). The Bertz CT molecular complexity index is 1120. The molecule has 2 saturated heterocycles. The van der Waals surface area contributed by atoms with E-state index in [1.165, 1.54) is 0 Å². The zero-order valence-electron chi connectivity index (χ0n) is 20.1. The van der Waals surface area contributed by atoms with Crippen LogP contribution >= 0.6 is 0 Å². The Balaban J connectivity index is 1.26. The summed E-state index contributed by atoms with van der Waals surface area (Å²) in [6, 6.07) is 15.5. The molecule has 2 aliphatic rings. The van der Waals surface area contributed by atoms with Crippen molar-refractivity contribution < 1.29 is 9.53 Å². The highest BCUT2D eigenvalue weighted by Crippen LogP contribution is 2.38. The summed E-state index contributed by atoms with van der Waals surface area (Å²) in [4.78, 5) is 30.9. The number of rotatable bonds is 6. The highest BCUT2D eigenvalue weighted by molar-refractivity contribution is 5.95. The van der Waals surface area contributed by atoms with E-state index in [9.17, 15) is 4.79 Å². The Hall–Kier alpha value is -3.52. The summed E-state index contributed by atoms with van der Waals surface area (Å²) in [6.45, 7) is 5.24. The first kappa shape index (κ1) is 23.2. The average molecular weight is 473 g/mol. The van der Waals surface area contributed by atoms with Crippen LogP contribution in [0.2, 0.25) is 0 Å². The summed E-state index contributed by atoms with van der Waals surface area (Å²) in [5, 5.41) is 3.18. The van der Waals surface area contributed by atoms with Crippen LogP contribution in [0.5, 0.6) is 0 Å². The molecule has 2 aliphatic heterocycles. The summed E-state index contributed by atoms with van der Waals surface area (Å²) in [5.41, 5.74) is 1.29. The maximum absolute atomic E-state index is 13.6. The van der Waals surface area contributed by atoms with E-state index in [1.54, 1.807) is 18.5 Å². The molecule has 1 unspecified atom stereocenters. The van der Waals surface area contributed by atoms with Crippen LogP contribution in [-0.4, -0.2) is 63.6 Å². The van der Waals surface area contributed by atoms with Gasteiger partial charge in [-0.1, -0.05) is 12.1 Å². The molecule has 4 heterocycles. The van der Waals surface area contributed by atoms with Gasteiger partial charge in [-0.15, -0.1) is 0 Å². The fraction of sp³-hybridized carbons (Fsp3) is 0.407. The van der Waals surface area contributed by atoms with Gasteiger partial charge in [-0.2, -0.15) is 0 Å². The third kappa shape index (κ3) is 5.27. The van der Waals surface area contributed by atoms with Gasteiger partial charge in [-0.25, -0.2) is 15.0 Å². The van der Waals surface area contributed by atoms with Gasteiger partial charge in [-0.3, -0.25) is 4.79 Å². The number of ether oxygens (including phenoxy) is 1. The summed E-state index contributed by atoms with van der Waals surface area (Å²) < 4.78 is 6.38. The SMILES string of the molecule is CCN(C(=O)c1cccc(Nc2ncccn2)c1)C1CCOC2(CCN(c3ccccn3)CC2)C1. The number of benzene rings is 1. The molecule has 1 N–H and O–H groups in total. The second-order valence-corrected chi connectivity index (χ2v) is 9.22. The van der Waals surface area contributed by atoms with E-state index in [2.05, 4.69) is 38.2 Å². The average Bonchev–Trinajstić information content (AvgIpc) is 2.91. The van der Waals surface area contributed by atoms with Crippen LogP contribution in [0, 0.1) is 0 Å². The van der Waals surface area contributed by atoms with Gasteiger partial charge in [0.15, 0.2) is 0 Å². The molecule has 8 nitrogen and oxygen atoms in total. The first-order chi connectivity index (χ1) is 17.2. The lowest BCUT2D eigenvalue weighted by Crippen LogP contribution is -2.54. The zero-order chi connectivity index (χ0) is 24.1. The van der Waals surface area contributed by atoms with E-state index in [1.807, 2.05) is 47.5 Å². The van der Waals surface area contributed by atoms with E-state index < -0.39 is 0 Å². The van der Waals surface area contributed by atoms with Crippen LogP contribution in [0.4, 0.5) is 17.5 Å². The number of piperidine rings is 1. The molecule has 35 heavy (non-hydrogen) atoms. The summed E-state index contributed by atoms with van der Waals surface area (Å²) >= 11 is 0.